The minimum atomic E-state index is 0. The van der Waals surface area contributed by atoms with Gasteiger partial charge in [-0.15, -0.1) is 12.4 Å². The van der Waals surface area contributed by atoms with Gasteiger partial charge in [0.25, 0.3) is 5.91 Å². The second-order valence-electron chi connectivity index (χ2n) is 5.71. The summed E-state index contributed by atoms with van der Waals surface area (Å²) in [6, 6.07) is 8.05. The van der Waals surface area contributed by atoms with Gasteiger partial charge in [-0.3, -0.25) is 4.79 Å². The summed E-state index contributed by atoms with van der Waals surface area (Å²) in [6.07, 6.45) is 2.17. The fraction of sp³-hybridized carbons (Fsp3) is 0.588. The van der Waals surface area contributed by atoms with E-state index in [4.69, 9.17) is 4.74 Å². The van der Waals surface area contributed by atoms with Gasteiger partial charge in [0.05, 0.1) is 6.61 Å². The first-order chi connectivity index (χ1) is 10.1. The first-order valence-electron chi connectivity index (χ1n) is 7.90. The quantitative estimate of drug-likeness (QED) is 0.845. The summed E-state index contributed by atoms with van der Waals surface area (Å²) in [6.45, 7) is 8.71. The second kappa shape index (κ2) is 9.01. The number of hydrogen-bond donors (Lipinski definition) is 1. The number of nitrogens with zero attached hydrogens (tertiary/aromatic N) is 1. The predicted octanol–water partition coefficient (Wildman–Crippen LogP) is 3.11. The molecule has 1 amide bonds. The lowest BCUT2D eigenvalue weighted by atomic mass is 10.1. The van der Waals surface area contributed by atoms with E-state index < -0.39 is 0 Å². The lowest BCUT2D eigenvalue weighted by Crippen LogP contribution is -2.57. The molecule has 1 aromatic carbocycles. The summed E-state index contributed by atoms with van der Waals surface area (Å²) >= 11 is 0. The van der Waals surface area contributed by atoms with Crippen LogP contribution in [0.5, 0.6) is 5.75 Å². The highest BCUT2D eigenvalue weighted by atomic mass is 35.5. The highest BCUT2D eigenvalue weighted by Crippen LogP contribution is 2.17. The Balaban J connectivity index is 0.00000242. The summed E-state index contributed by atoms with van der Waals surface area (Å²) in [5.41, 5.74) is 0.735. The Hall–Kier alpha value is -1.26. The normalized spacial score (nSPS) is 21.1. The van der Waals surface area contributed by atoms with E-state index in [0.29, 0.717) is 6.04 Å². The molecule has 0 spiro atoms. The van der Waals surface area contributed by atoms with E-state index in [1.807, 2.05) is 29.2 Å². The van der Waals surface area contributed by atoms with Crippen LogP contribution in [0.25, 0.3) is 0 Å². The molecule has 1 heterocycles. The van der Waals surface area contributed by atoms with Crippen LogP contribution in [-0.4, -0.2) is 42.6 Å². The molecule has 1 saturated heterocycles. The third-order valence-corrected chi connectivity index (χ3v) is 4.16. The lowest BCUT2D eigenvalue weighted by molar-refractivity contribution is 0.0603. The molecule has 1 fully saturated rings. The van der Waals surface area contributed by atoms with Crippen molar-refractivity contribution < 1.29 is 9.53 Å². The summed E-state index contributed by atoms with van der Waals surface area (Å²) in [4.78, 5) is 14.5. The van der Waals surface area contributed by atoms with Crippen LogP contribution in [0.2, 0.25) is 0 Å². The van der Waals surface area contributed by atoms with Crippen molar-refractivity contribution in [3.05, 3.63) is 29.8 Å². The number of carbonyl (C=O) groups is 1. The van der Waals surface area contributed by atoms with Crippen molar-refractivity contribution >= 4 is 18.3 Å². The lowest BCUT2D eigenvalue weighted by Gasteiger charge is -2.38. The maximum absolute atomic E-state index is 12.6. The molecule has 4 nitrogen and oxygen atoms in total. The number of carbonyl (C=O) groups excluding carboxylic acids is 1. The second-order valence-corrected chi connectivity index (χ2v) is 5.71. The van der Waals surface area contributed by atoms with E-state index in [0.717, 1.165) is 43.9 Å². The molecule has 0 bridgehead atoms. The van der Waals surface area contributed by atoms with Gasteiger partial charge in [0, 0.05) is 30.7 Å². The van der Waals surface area contributed by atoms with Gasteiger partial charge in [-0.1, -0.05) is 13.3 Å². The number of hydrogen-bond acceptors (Lipinski definition) is 3. The molecule has 1 N–H and O–H groups in total. The molecular formula is C17H27ClN2O2. The zero-order valence-corrected chi connectivity index (χ0v) is 14.5. The minimum Gasteiger partial charge on any atom is -0.494 e. The van der Waals surface area contributed by atoms with Crippen molar-refractivity contribution in [2.24, 2.45) is 0 Å². The summed E-state index contributed by atoms with van der Waals surface area (Å²) < 4.78 is 5.63. The Morgan fingerprint density at radius 1 is 1.32 bits per heavy atom. The maximum atomic E-state index is 12.6. The van der Waals surface area contributed by atoms with Crippen molar-refractivity contribution in [3.8, 4) is 5.75 Å². The van der Waals surface area contributed by atoms with Crippen LogP contribution >= 0.6 is 12.4 Å². The van der Waals surface area contributed by atoms with Gasteiger partial charge in [-0.2, -0.15) is 0 Å². The van der Waals surface area contributed by atoms with Gasteiger partial charge in [0.15, 0.2) is 0 Å². The van der Waals surface area contributed by atoms with Crippen LogP contribution in [0, 0.1) is 0 Å². The smallest absolute Gasteiger partial charge is 0.254 e. The topological polar surface area (TPSA) is 41.6 Å². The molecule has 22 heavy (non-hydrogen) atoms. The molecule has 1 aromatic rings. The van der Waals surface area contributed by atoms with Crippen LogP contribution in [0.4, 0.5) is 0 Å². The SMILES string of the molecule is CCCCOc1ccc(C(=O)N2CCNC(C)C2C)cc1.Cl. The number of benzene rings is 1. The van der Waals surface area contributed by atoms with Gasteiger partial charge >= 0.3 is 0 Å². The van der Waals surface area contributed by atoms with E-state index in [1.165, 1.54) is 0 Å². The maximum Gasteiger partial charge on any atom is 0.254 e. The number of halogens is 1. The fourth-order valence-electron chi connectivity index (χ4n) is 2.54. The Morgan fingerprint density at radius 2 is 2.00 bits per heavy atom. The largest absolute Gasteiger partial charge is 0.494 e. The molecule has 0 saturated carbocycles. The standard InChI is InChI=1S/C17H26N2O2.ClH/c1-4-5-12-21-16-8-6-15(7-9-16)17(20)19-11-10-18-13(2)14(19)3;/h6-9,13-14,18H,4-5,10-12H2,1-3H3;1H. The Bertz CT molecular complexity index is 464. The van der Waals surface area contributed by atoms with Gasteiger partial charge in [0.2, 0.25) is 0 Å². The molecule has 1 aliphatic rings. The van der Waals surface area contributed by atoms with Crippen molar-refractivity contribution in [3.63, 3.8) is 0 Å². The first-order valence-corrected chi connectivity index (χ1v) is 7.90. The van der Waals surface area contributed by atoms with Crippen LogP contribution in [-0.2, 0) is 0 Å². The van der Waals surface area contributed by atoms with Crippen molar-refractivity contribution in [2.75, 3.05) is 19.7 Å². The van der Waals surface area contributed by atoms with Crippen LogP contribution in [0.3, 0.4) is 0 Å². The van der Waals surface area contributed by atoms with E-state index in [-0.39, 0.29) is 24.4 Å². The Kier molecular flexibility index (Phi) is 7.69. The first kappa shape index (κ1) is 18.8. The molecule has 0 aliphatic carbocycles. The molecule has 2 unspecified atom stereocenters. The molecule has 2 atom stereocenters. The summed E-state index contributed by atoms with van der Waals surface area (Å²) in [7, 11) is 0. The predicted molar refractivity (Wildman–Crippen MR) is 92.1 cm³/mol. The molecule has 5 heteroatoms. The van der Waals surface area contributed by atoms with Gasteiger partial charge in [-0.25, -0.2) is 0 Å². The molecule has 0 aromatic heterocycles. The molecule has 2 rings (SSSR count). The van der Waals surface area contributed by atoms with Crippen molar-refractivity contribution in [1.82, 2.24) is 10.2 Å². The summed E-state index contributed by atoms with van der Waals surface area (Å²) in [5.74, 6) is 0.942. The Morgan fingerprint density at radius 3 is 2.64 bits per heavy atom. The molecular weight excluding hydrogens is 300 g/mol. The highest BCUT2D eigenvalue weighted by molar-refractivity contribution is 5.94. The highest BCUT2D eigenvalue weighted by Gasteiger charge is 2.28. The number of ether oxygens (including phenoxy) is 1. The monoisotopic (exact) mass is 326 g/mol. The zero-order chi connectivity index (χ0) is 15.2. The molecule has 0 radical (unpaired) electrons. The average Bonchev–Trinajstić information content (AvgIpc) is 2.50. The van der Waals surface area contributed by atoms with E-state index in [2.05, 4.69) is 26.1 Å². The summed E-state index contributed by atoms with van der Waals surface area (Å²) in [5, 5.41) is 3.39. The van der Waals surface area contributed by atoms with Crippen LogP contribution < -0.4 is 10.1 Å². The molecule has 1 aliphatic heterocycles. The third-order valence-electron chi connectivity index (χ3n) is 4.16. The minimum absolute atomic E-state index is 0. The fourth-order valence-corrected chi connectivity index (χ4v) is 2.54. The number of unbranched alkanes of at least 4 members (excludes halogenated alkanes) is 1. The van der Waals surface area contributed by atoms with Crippen molar-refractivity contribution in [2.45, 2.75) is 45.7 Å². The van der Waals surface area contributed by atoms with E-state index in [9.17, 15) is 4.79 Å². The van der Waals surface area contributed by atoms with E-state index >= 15 is 0 Å². The van der Waals surface area contributed by atoms with E-state index in [1.54, 1.807) is 0 Å². The van der Waals surface area contributed by atoms with Crippen molar-refractivity contribution in [1.29, 1.82) is 0 Å². The van der Waals surface area contributed by atoms with Gasteiger partial charge in [0.1, 0.15) is 5.75 Å². The van der Waals surface area contributed by atoms with Crippen LogP contribution in [0.15, 0.2) is 24.3 Å². The number of amides is 1. The van der Waals surface area contributed by atoms with Gasteiger partial charge < -0.3 is 15.0 Å². The number of rotatable bonds is 5. The molecule has 124 valence electrons. The zero-order valence-electron chi connectivity index (χ0n) is 13.7. The Labute approximate surface area is 139 Å². The van der Waals surface area contributed by atoms with Crippen LogP contribution in [0.1, 0.15) is 44.0 Å². The van der Waals surface area contributed by atoms with Gasteiger partial charge in [-0.05, 0) is 44.5 Å². The average molecular weight is 327 g/mol. The third kappa shape index (κ3) is 4.62. The number of piperazine rings is 1. The number of nitrogens with one attached hydrogen (secondary N) is 1.